The lowest BCUT2D eigenvalue weighted by atomic mass is 9.65. The van der Waals surface area contributed by atoms with Gasteiger partial charge in [0.1, 0.15) is 0 Å². The molecule has 0 heteroatoms. The van der Waals surface area contributed by atoms with Crippen LogP contribution in [0.5, 0.6) is 0 Å². The van der Waals surface area contributed by atoms with E-state index in [1.54, 1.807) is 0 Å². The highest BCUT2D eigenvalue weighted by Gasteiger charge is 2.36. The zero-order valence-electron chi connectivity index (χ0n) is 16.1. The van der Waals surface area contributed by atoms with Crippen molar-refractivity contribution in [2.24, 2.45) is 5.92 Å². The molecule has 0 N–H and O–H groups in total. The van der Waals surface area contributed by atoms with Crippen LogP contribution in [-0.2, 0) is 5.41 Å². The first-order valence-electron chi connectivity index (χ1n) is 10.00. The van der Waals surface area contributed by atoms with Crippen LogP contribution in [0.1, 0.15) is 69.9 Å². The molecule has 1 atom stereocenters. The monoisotopic (exact) mass is 334 g/mol. The molecular weight excluding hydrogens is 300 g/mol. The largest absolute Gasteiger partial charge is 0.102 e. The predicted octanol–water partition coefficient (Wildman–Crippen LogP) is 7.55. The number of unbranched alkanes of at least 4 members (excludes halogenated alkanes) is 5. The smallest absolute Gasteiger partial charge is 0.0404 e. The summed E-state index contributed by atoms with van der Waals surface area (Å²) in [5.74, 6) is 0.529. The molecule has 0 saturated heterocycles. The maximum atomic E-state index is 4.28. The molecule has 134 valence electrons. The fourth-order valence-corrected chi connectivity index (χ4v) is 4.06. The second kappa shape index (κ2) is 10.2. The lowest BCUT2D eigenvalue weighted by Crippen LogP contribution is -2.33. The van der Waals surface area contributed by atoms with E-state index in [0.717, 1.165) is 0 Å². The molecule has 0 aliphatic rings. The number of hydrogen-bond acceptors (Lipinski definition) is 0. The van der Waals surface area contributed by atoms with Crippen molar-refractivity contribution in [3.8, 4) is 0 Å². The quantitative estimate of drug-likeness (QED) is 0.294. The molecule has 0 fully saturated rings. The van der Waals surface area contributed by atoms with Crippen molar-refractivity contribution in [2.45, 2.75) is 64.2 Å². The molecule has 2 rings (SSSR count). The highest BCUT2D eigenvalue weighted by molar-refractivity contribution is 5.44. The summed E-state index contributed by atoms with van der Waals surface area (Å²) < 4.78 is 0. The van der Waals surface area contributed by atoms with Crippen molar-refractivity contribution in [1.29, 1.82) is 0 Å². The van der Waals surface area contributed by atoms with Gasteiger partial charge in [-0.2, -0.15) is 0 Å². The Morgan fingerprint density at radius 3 is 1.76 bits per heavy atom. The molecule has 0 amide bonds. The molecule has 0 saturated carbocycles. The number of rotatable bonds is 11. The Hall–Kier alpha value is -1.82. The SMILES string of the molecule is C=CC(c1ccccc1)(c1ccccc1)C(C)CCCCCCCC. The van der Waals surface area contributed by atoms with Crippen LogP contribution in [0.25, 0.3) is 0 Å². The molecule has 0 aromatic heterocycles. The first-order chi connectivity index (χ1) is 12.3. The van der Waals surface area contributed by atoms with Gasteiger partial charge in [0.05, 0.1) is 0 Å². The van der Waals surface area contributed by atoms with Crippen molar-refractivity contribution >= 4 is 0 Å². The van der Waals surface area contributed by atoms with E-state index in [0.29, 0.717) is 5.92 Å². The van der Waals surface area contributed by atoms with E-state index in [1.807, 2.05) is 0 Å². The summed E-state index contributed by atoms with van der Waals surface area (Å²) in [6.07, 6.45) is 11.5. The Morgan fingerprint density at radius 1 is 0.800 bits per heavy atom. The molecule has 25 heavy (non-hydrogen) atoms. The van der Waals surface area contributed by atoms with E-state index in [-0.39, 0.29) is 5.41 Å². The second-order valence-electron chi connectivity index (χ2n) is 7.26. The van der Waals surface area contributed by atoms with Crippen LogP contribution < -0.4 is 0 Å². The third kappa shape index (κ3) is 4.84. The van der Waals surface area contributed by atoms with Crippen molar-refractivity contribution in [3.05, 3.63) is 84.4 Å². The van der Waals surface area contributed by atoms with Gasteiger partial charge in [0.15, 0.2) is 0 Å². The average molecular weight is 335 g/mol. The van der Waals surface area contributed by atoms with E-state index >= 15 is 0 Å². The van der Waals surface area contributed by atoms with E-state index in [4.69, 9.17) is 0 Å². The summed E-state index contributed by atoms with van der Waals surface area (Å²) in [6.45, 7) is 8.95. The zero-order valence-corrected chi connectivity index (χ0v) is 16.1. The maximum absolute atomic E-state index is 4.28. The van der Waals surface area contributed by atoms with Crippen LogP contribution in [0.4, 0.5) is 0 Å². The fraction of sp³-hybridized carbons (Fsp3) is 0.440. The molecule has 0 spiro atoms. The Morgan fingerprint density at radius 2 is 1.28 bits per heavy atom. The van der Waals surface area contributed by atoms with E-state index in [1.165, 1.54) is 56.1 Å². The van der Waals surface area contributed by atoms with Gasteiger partial charge in [-0.3, -0.25) is 0 Å². The maximum Gasteiger partial charge on any atom is 0.0404 e. The van der Waals surface area contributed by atoms with E-state index in [2.05, 4.69) is 87.2 Å². The summed E-state index contributed by atoms with van der Waals surface area (Å²) in [7, 11) is 0. The van der Waals surface area contributed by atoms with Gasteiger partial charge < -0.3 is 0 Å². The summed E-state index contributed by atoms with van der Waals surface area (Å²) >= 11 is 0. The minimum Gasteiger partial charge on any atom is -0.102 e. The Labute approximate surface area is 155 Å². The topological polar surface area (TPSA) is 0 Å². The van der Waals surface area contributed by atoms with Crippen molar-refractivity contribution in [2.75, 3.05) is 0 Å². The van der Waals surface area contributed by atoms with Crippen LogP contribution in [0, 0.1) is 5.92 Å². The number of benzene rings is 2. The van der Waals surface area contributed by atoms with Crippen LogP contribution in [0.3, 0.4) is 0 Å². The summed E-state index contributed by atoms with van der Waals surface area (Å²) in [5, 5.41) is 0. The molecule has 0 aliphatic carbocycles. The predicted molar refractivity (Wildman–Crippen MR) is 111 cm³/mol. The summed E-state index contributed by atoms with van der Waals surface area (Å²) in [4.78, 5) is 0. The summed E-state index contributed by atoms with van der Waals surface area (Å²) in [6, 6.07) is 21.8. The van der Waals surface area contributed by atoms with Crippen molar-refractivity contribution in [1.82, 2.24) is 0 Å². The van der Waals surface area contributed by atoms with E-state index in [9.17, 15) is 0 Å². The van der Waals surface area contributed by atoms with Gasteiger partial charge in [0, 0.05) is 5.41 Å². The first-order valence-corrected chi connectivity index (χ1v) is 10.00. The standard InChI is InChI=1S/C25H34/c1-4-6-7-8-9-12-17-22(3)25(5-2,23-18-13-10-14-19-23)24-20-15-11-16-21-24/h5,10-11,13-16,18-22H,2,4,6-9,12,17H2,1,3H3. The van der Waals surface area contributed by atoms with Crippen LogP contribution in [0.2, 0.25) is 0 Å². The van der Waals surface area contributed by atoms with Gasteiger partial charge in [0.25, 0.3) is 0 Å². The minimum absolute atomic E-state index is 0.105. The first kappa shape index (κ1) is 19.5. The Balaban J connectivity index is 2.19. The van der Waals surface area contributed by atoms with Gasteiger partial charge in [-0.25, -0.2) is 0 Å². The van der Waals surface area contributed by atoms with Crippen LogP contribution in [-0.4, -0.2) is 0 Å². The molecule has 0 aliphatic heterocycles. The molecule has 0 radical (unpaired) electrons. The Bertz CT molecular complexity index is 557. The molecule has 2 aromatic carbocycles. The third-order valence-corrected chi connectivity index (χ3v) is 5.59. The van der Waals surface area contributed by atoms with Crippen LogP contribution in [0.15, 0.2) is 73.3 Å². The highest BCUT2D eigenvalue weighted by atomic mass is 14.4. The highest BCUT2D eigenvalue weighted by Crippen LogP contribution is 2.42. The summed E-state index contributed by atoms with van der Waals surface area (Å²) in [5.41, 5.74) is 2.61. The fourth-order valence-electron chi connectivity index (χ4n) is 4.06. The average Bonchev–Trinajstić information content (AvgIpc) is 2.67. The zero-order chi connectivity index (χ0) is 18.0. The van der Waals surface area contributed by atoms with Crippen LogP contribution >= 0.6 is 0 Å². The van der Waals surface area contributed by atoms with Gasteiger partial charge in [-0.1, -0.05) is 119 Å². The molecule has 2 aromatic rings. The second-order valence-corrected chi connectivity index (χ2v) is 7.26. The van der Waals surface area contributed by atoms with Gasteiger partial charge >= 0.3 is 0 Å². The molecule has 0 nitrogen and oxygen atoms in total. The third-order valence-electron chi connectivity index (χ3n) is 5.59. The normalized spacial score (nSPS) is 12.7. The van der Waals surface area contributed by atoms with Gasteiger partial charge in [-0.05, 0) is 23.5 Å². The number of allylic oxidation sites excluding steroid dienone is 1. The minimum atomic E-state index is -0.105. The molecule has 0 heterocycles. The molecular formula is C25H34. The van der Waals surface area contributed by atoms with Crippen molar-refractivity contribution < 1.29 is 0 Å². The lowest BCUT2D eigenvalue weighted by molar-refractivity contribution is 0.372. The lowest BCUT2D eigenvalue weighted by Gasteiger charge is -2.38. The number of hydrogen-bond donors (Lipinski definition) is 0. The molecule has 0 bridgehead atoms. The van der Waals surface area contributed by atoms with Crippen molar-refractivity contribution in [3.63, 3.8) is 0 Å². The van der Waals surface area contributed by atoms with Gasteiger partial charge in [0.2, 0.25) is 0 Å². The molecule has 1 unspecified atom stereocenters. The Kier molecular flexibility index (Phi) is 7.98. The van der Waals surface area contributed by atoms with Gasteiger partial charge in [-0.15, -0.1) is 6.58 Å². The van der Waals surface area contributed by atoms with E-state index < -0.39 is 0 Å².